The Kier molecular flexibility index (Phi) is 6.07. The molecule has 3 rings (SSSR count). The predicted molar refractivity (Wildman–Crippen MR) is 103 cm³/mol. The van der Waals surface area contributed by atoms with Crippen LogP contribution < -0.4 is 0 Å². The Balaban J connectivity index is 1.96. The van der Waals surface area contributed by atoms with E-state index in [4.69, 9.17) is 0 Å². The van der Waals surface area contributed by atoms with Crippen LogP contribution in [-0.4, -0.2) is 38.9 Å². The number of esters is 1. The second-order valence-electron chi connectivity index (χ2n) is 6.98. The number of hydrogen-bond acceptors (Lipinski definition) is 5. The highest BCUT2D eigenvalue weighted by atomic mass is 32.2. The highest BCUT2D eigenvalue weighted by Crippen LogP contribution is 2.43. The first-order valence-electron chi connectivity index (χ1n) is 8.94. The molecule has 2 aromatic rings. The number of benzene rings is 1. The van der Waals surface area contributed by atoms with Crippen molar-refractivity contribution in [3.05, 3.63) is 40.1 Å². The van der Waals surface area contributed by atoms with Gasteiger partial charge in [0.2, 0.25) is 10.0 Å². The van der Waals surface area contributed by atoms with Crippen LogP contribution in [0.25, 0.3) is 11.1 Å². The van der Waals surface area contributed by atoms with Gasteiger partial charge in [-0.05, 0) is 42.5 Å². The highest BCUT2D eigenvalue weighted by Gasteiger charge is 2.37. The Hall–Kier alpha value is -1.91. The number of alkyl halides is 3. The summed E-state index contributed by atoms with van der Waals surface area (Å²) in [5.74, 6) is -0.597. The van der Waals surface area contributed by atoms with Crippen LogP contribution in [0.2, 0.25) is 0 Å². The molecule has 0 spiro atoms. The summed E-state index contributed by atoms with van der Waals surface area (Å²) in [6, 6.07) is 6.39. The van der Waals surface area contributed by atoms with E-state index in [1.165, 1.54) is 28.6 Å². The molecule has 0 amide bonds. The third-order valence-electron chi connectivity index (χ3n) is 4.80. The number of carbonyl (C=O) groups excluding carboxylic acids is 1. The zero-order valence-corrected chi connectivity index (χ0v) is 17.5. The monoisotopic (exact) mass is 447 g/mol. The molecule has 0 N–H and O–H groups in total. The Morgan fingerprint density at radius 2 is 1.90 bits per heavy atom. The van der Waals surface area contributed by atoms with Crippen LogP contribution in [0.4, 0.5) is 13.2 Å². The first kappa shape index (κ1) is 21.8. The molecule has 1 fully saturated rings. The van der Waals surface area contributed by atoms with Crippen molar-refractivity contribution in [2.24, 2.45) is 5.92 Å². The normalized spacial score (nSPS) is 18.6. The Morgan fingerprint density at radius 3 is 2.45 bits per heavy atom. The van der Waals surface area contributed by atoms with E-state index in [1.54, 1.807) is 0 Å². The van der Waals surface area contributed by atoms with Crippen molar-refractivity contribution in [1.29, 1.82) is 0 Å². The van der Waals surface area contributed by atoms with Crippen LogP contribution in [0.5, 0.6) is 0 Å². The van der Waals surface area contributed by atoms with Gasteiger partial charge in [0.15, 0.2) is 0 Å². The quantitative estimate of drug-likeness (QED) is 0.641. The molecule has 0 aliphatic carbocycles. The summed E-state index contributed by atoms with van der Waals surface area (Å²) in [6.45, 7) is 2.84. The molecule has 5 nitrogen and oxygen atoms in total. The zero-order valence-electron chi connectivity index (χ0n) is 15.8. The van der Waals surface area contributed by atoms with E-state index in [0.29, 0.717) is 24.4 Å². The maximum atomic E-state index is 13.4. The Bertz CT molecular complexity index is 997. The lowest BCUT2D eigenvalue weighted by Gasteiger charge is -2.30. The zero-order chi connectivity index (χ0) is 21.4. The summed E-state index contributed by atoms with van der Waals surface area (Å²) in [6.07, 6.45) is -2.91. The highest BCUT2D eigenvalue weighted by molar-refractivity contribution is 7.89. The number of rotatable bonds is 4. The molecule has 0 radical (unpaired) electrons. The summed E-state index contributed by atoms with van der Waals surface area (Å²) < 4.78 is 71.8. The third-order valence-corrected chi connectivity index (χ3v) is 7.84. The van der Waals surface area contributed by atoms with Crippen molar-refractivity contribution in [1.82, 2.24) is 4.31 Å². The summed E-state index contributed by atoms with van der Waals surface area (Å²) in [5, 5.41) is 0. The predicted octanol–water partition coefficient (Wildman–Crippen LogP) is 4.64. The third kappa shape index (κ3) is 4.49. The van der Waals surface area contributed by atoms with E-state index in [1.807, 2.05) is 6.92 Å². The topological polar surface area (TPSA) is 63.7 Å². The number of ether oxygens (including phenoxy) is 1. The van der Waals surface area contributed by atoms with Crippen molar-refractivity contribution in [3.8, 4) is 11.1 Å². The van der Waals surface area contributed by atoms with E-state index in [-0.39, 0.29) is 26.8 Å². The molecule has 0 bridgehead atoms. The summed E-state index contributed by atoms with van der Waals surface area (Å²) in [4.78, 5) is 10.6. The second kappa shape index (κ2) is 8.08. The van der Waals surface area contributed by atoms with Crippen molar-refractivity contribution in [2.75, 3.05) is 20.2 Å². The molecule has 1 aliphatic rings. The van der Waals surface area contributed by atoms with Gasteiger partial charge in [-0.1, -0.05) is 19.1 Å². The van der Waals surface area contributed by atoms with Gasteiger partial charge >= 0.3 is 12.1 Å². The van der Waals surface area contributed by atoms with Crippen molar-refractivity contribution in [3.63, 3.8) is 0 Å². The summed E-state index contributed by atoms with van der Waals surface area (Å²) in [5.41, 5.74) is -0.00636. The van der Waals surface area contributed by atoms with E-state index >= 15 is 0 Å². The Morgan fingerprint density at radius 1 is 1.24 bits per heavy atom. The lowest BCUT2D eigenvalue weighted by Crippen LogP contribution is -2.39. The number of carbonyl (C=O) groups is 1. The molecule has 1 aromatic carbocycles. The molecule has 1 aliphatic heterocycles. The number of sulfonamides is 1. The largest absolute Gasteiger partial charge is 0.465 e. The first-order chi connectivity index (χ1) is 13.5. The van der Waals surface area contributed by atoms with Crippen LogP contribution in [0.15, 0.2) is 35.2 Å². The van der Waals surface area contributed by atoms with Crippen LogP contribution >= 0.6 is 11.3 Å². The minimum atomic E-state index is -4.65. The lowest BCUT2D eigenvalue weighted by atomic mass is 10.0. The standard InChI is InChI=1S/C19H20F3NO4S2/c1-12-4-3-9-23(11-12)29(25,26)14-7-5-13(6-8-14)15-10-16(18(24)27-2)28-17(15)19(20,21)22/h5-8,10,12H,3-4,9,11H2,1-2H3/t12-/m1/s1. The number of piperidine rings is 1. The summed E-state index contributed by atoms with van der Waals surface area (Å²) in [7, 11) is -2.61. The van der Waals surface area contributed by atoms with Crippen molar-refractivity contribution >= 4 is 27.3 Å². The average molecular weight is 448 g/mol. The van der Waals surface area contributed by atoms with Crippen LogP contribution in [0.1, 0.15) is 34.3 Å². The smallest absolute Gasteiger partial charge is 0.426 e. The molecular formula is C19H20F3NO4S2. The lowest BCUT2D eigenvalue weighted by molar-refractivity contribution is -0.133. The van der Waals surface area contributed by atoms with Gasteiger partial charge in [-0.3, -0.25) is 0 Å². The first-order valence-corrected chi connectivity index (χ1v) is 11.2. The van der Waals surface area contributed by atoms with Crippen molar-refractivity contribution in [2.45, 2.75) is 30.8 Å². The number of thiophene rings is 1. The maximum Gasteiger partial charge on any atom is 0.426 e. The maximum absolute atomic E-state index is 13.4. The molecule has 0 saturated carbocycles. The van der Waals surface area contributed by atoms with Gasteiger partial charge in [0.1, 0.15) is 9.75 Å². The number of halogens is 3. The fourth-order valence-corrected chi connectivity index (χ4v) is 5.90. The van der Waals surface area contributed by atoms with E-state index in [0.717, 1.165) is 26.0 Å². The minimum absolute atomic E-state index is 0.0346. The molecule has 158 valence electrons. The van der Waals surface area contributed by atoms with Crippen molar-refractivity contribution < 1.29 is 31.1 Å². The number of nitrogens with zero attached hydrogens (tertiary/aromatic N) is 1. The van der Waals surface area contributed by atoms with Gasteiger partial charge in [-0.15, -0.1) is 11.3 Å². The second-order valence-corrected chi connectivity index (χ2v) is 9.97. The van der Waals surface area contributed by atoms with Gasteiger partial charge in [-0.25, -0.2) is 13.2 Å². The molecule has 29 heavy (non-hydrogen) atoms. The fraction of sp³-hybridized carbons (Fsp3) is 0.421. The van der Waals surface area contributed by atoms with Crippen LogP contribution in [-0.2, 0) is 20.9 Å². The molecule has 2 heterocycles. The fourth-order valence-electron chi connectivity index (χ4n) is 3.34. The molecule has 10 heteroatoms. The molecular weight excluding hydrogens is 427 g/mol. The minimum Gasteiger partial charge on any atom is -0.465 e. The van der Waals surface area contributed by atoms with Gasteiger partial charge in [0, 0.05) is 18.7 Å². The number of methoxy groups -OCH3 is 1. The van der Waals surface area contributed by atoms with Gasteiger partial charge in [0.25, 0.3) is 0 Å². The van der Waals surface area contributed by atoms with E-state index in [9.17, 15) is 26.4 Å². The Labute approximate surface area is 171 Å². The van der Waals surface area contributed by atoms with Gasteiger partial charge in [0.05, 0.1) is 12.0 Å². The SMILES string of the molecule is COC(=O)c1cc(-c2ccc(S(=O)(=O)N3CCC[C@@H](C)C3)cc2)c(C(F)(F)F)s1. The summed E-state index contributed by atoms with van der Waals surface area (Å²) >= 11 is 0.301. The molecule has 1 saturated heterocycles. The number of hydrogen-bond donors (Lipinski definition) is 0. The average Bonchev–Trinajstić information content (AvgIpc) is 3.13. The van der Waals surface area contributed by atoms with Gasteiger partial charge in [-0.2, -0.15) is 17.5 Å². The van der Waals surface area contributed by atoms with E-state index in [2.05, 4.69) is 4.74 Å². The molecule has 1 aromatic heterocycles. The molecule has 0 unspecified atom stereocenters. The van der Waals surface area contributed by atoms with Crippen LogP contribution in [0, 0.1) is 5.92 Å². The van der Waals surface area contributed by atoms with E-state index < -0.39 is 27.0 Å². The molecule has 1 atom stereocenters. The van der Waals surface area contributed by atoms with Crippen LogP contribution in [0.3, 0.4) is 0 Å². The van der Waals surface area contributed by atoms with Gasteiger partial charge < -0.3 is 4.74 Å².